The molecule has 106 valence electrons. The van der Waals surface area contributed by atoms with Gasteiger partial charge in [0.05, 0.1) is 5.69 Å². The van der Waals surface area contributed by atoms with Crippen molar-refractivity contribution in [2.75, 3.05) is 18.8 Å². The van der Waals surface area contributed by atoms with Gasteiger partial charge in [0.1, 0.15) is 6.54 Å². The molecule has 0 aliphatic carbocycles. The summed E-state index contributed by atoms with van der Waals surface area (Å²) in [6, 6.07) is 1.92. The zero-order chi connectivity index (χ0) is 13.5. The lowest BCUT2D eigenvalue weighted by molar-refractivity contribution is 0.381. The van der Waals surface area contributed by atoms with Gasteiger partial charge in [0.15, 0.2) is 11.7 Å². The molecule has 6 heteroatoms. The van der Waals surface area contributed by atoms with Gasteiger partial charge in [-0.15, -0.1) is 0 Å². The van der Waals surface area contributed by atoms with Gasteiger partial charge < -0.3 is 15.2 Å². The third kappa shape index (κ3) is 4.78. The van der Waals surface area contributed by atoms with Crippen LogP contribution in [0.15, 0.2) is 15.6 Å². The molecule has 0 aromatic carbocycles. The van der Waals surface area contributed by atoms with E-state index in [-0.39, 0.29) is 0 Å². The number of aryl methyl sites for hydroxylation is 1. The van der Waals surface area contributed by atoms with Gasteiger partial charge in [0, 0.05) is 24.4 Å². The van der Waals surface area contributed by atoms with Gasteiger partial charge in [0.2, 0.25) is 0 Å². The molecule has 2 heterocycles. The van der Waals surface area contributed by atoms with E-state index in [0.717, 1.165) is 35.8 Å². The molecule has 1 fully saturated rings. The molecule has 0 radical (unpaired) electrons. The van der Waals surface area contributed by atoms with E-state index in [1.807, 2.05) is 24.8 Å². The van der Waals surface area contributed by atoms with Crippen molar-refractivity contribution in [1.82, 2.24) is 15.8 Å². The molecule has 1 aromatic heterocycles. The molecule has 0 amide bonds. The SMILES string of the molecule is CCNC(=NCc1cc(C)no1)NCC1CCCS1. The van der Waals surface area contributed by atoms with Crippen molar-refractivity contribution in [2.45, 2.75) is 38.5 Å². The van der Waals surface area contributed by atoms with Crippen molar-refractivity contribution in [3.05, 3.63) is 17.5 Å². The minimum Gasteiger partial charge on any atom is -0.359 e. The first-order valence-corrected chi connectivity index (χ1v) is 7.88. The van der Waals surface area contributed by atoms with Gasteiger partial charge in [-0.05, 0) is 32.4 Å². The summed E-state index contributed by atoms with van der Waals surface area (Å²) >= 11 is 2.05. The second-order valence-corrected chi connectivity index (χ2v) is 6.05. The van der Waals surface area contributed by atoms with Gasteiger partial charge in [-0.3, -0.25) is 0 Å². The molecule has 0 saturated carbocycles. The zero-order valence-electron chi connectivity index (χ0n) is 11.6. The second kappa shape index (κ2) is 7.43. The maximum atomic E-state index is 5.15. The van der Waals surface area contributed by atoms with Crippen LogP contribution >= 0.6 is 11.8 Å². The molecule has 0 bridgehead atoms. The number of hydrogen-bond acceptors (Lipinski definition) is 4. The van der Waals surface area contributed by atoms with Crippen LogP contribution in [0.25, 0.3) is 0 Å². The Hall–Kier alpha value is -1.17. The molecule has 1 saturated heterocycles. The van der Waals surface area contributed by atoms with Gasteiger partial charge in [0.25, 0.3) is 0 Å². The number of hydrogen-bond donors (Lipinski definition) is 2. The number of guanidine groups is 1. The number of rotatable bonds is 5. The predicted octanol–water partition coefficient (Wildman–Crippen LogP) is 1.93. The Morgan fingerprint density at radius 2 is 2.47 bits per heavy atom. The van der Waals surface area contributed by atoms with Crippen LogP contribution in [-0.2, 0) is 6.54 Å². The Balaban J connectivity index is 1.83. The fourth-order valence-corrected chi connectivity index (χ4v) is 3.21. The van der Waals surface area contributed by atoms with Gasteiger partial charge in [-0.2, -0.15) is 11.8 Å². The second-order valence-electron chi connectivity index (χ2n) is 4.65. The zero-order valence-corrected chi connectivity index (χ0v) is 12.4. The number of thioether (sulfide) groups is 1. The summed E-state index contributed by atoms with van der Waals surface area (Å²) in [5.74, 6) is 2.94. The molecule has 19 heavy (non-hydrogen) atoms. The highest BCUT2D eigenvalue weighted by atomic mass is 32.2. The number of nitrogens with zero attached hydrogens (tertiary/aromatic N) is 2. The van der Waals surface area contributed by atoms with E-state index in [1.165, 1.54) is 18.6 Å². The van der Waals surface area contributed by atoms with Gasteiger partial charge >= 0.3 is 0 Å². The summed E-state index contributed by atoms with van der Waals surface area (Å²) in [6.07, 6.45) is 2.64. The van der Waals surface area contributed by atoms with Crippen LogP contribution in [0.1, 0.15) is 31.2 Å². The maximum Gasteiger partial charge on any atom is 0.191 e. The summed E-state index contributed by atoms with van der Waals surface area (Å²) in [5.41, 5.74) is 0.894. The van der Waals surface area contributed by atoms with E-state index in [2.05, 4.69) is 27.7 Å². The Bertz CT molecular complexity index is 413. The smallest absolute Gasteiger partial charge is 0.191 e. The van der Waals surface area contributed by atoms with E-state index < -0.39 is 0 Å². The normalized spacial score (nSPS) is 19.7. The van der Waals surface area contributed by atoms with E-state index >= 15 is 0 Å². The minimum atomic E-state index is 0.522. The molecule has 1 aliphatic rings. The molecule has 2 N–H and O–H groups in total. The number of aromatic nitrogens is 1. The van der Waals surface area contributed by atoms with Crippen LogP contribution in [0, 0.1) is 6.92 Å². The predicted molar refractivity (Wildman–Crippen MR) is 79.5 cm³/mol. The summed E-state index contributed by atoms with van der Waals surface area (Å²) in [7, 11) is 0. The first kappa shape index (κ1) is 14.2. The van der Waals surface area contributed by atoms with Crippen LogP contribution in [0.4, 0.5) is 0 Å². The van der Waals surface area contributed by atoms with E-state index in [4.69, 9.17) is 4.52 Å². The van der Waals surface area contributed by atoms with E-state index in [1.54, 1.807) is 0 Å². The summed E-state index contributed by atoms with van der Waals surface area (Å²) in [4.78, 5) is 4.51. The number of nitrogens with one attached hydrogen (secondary N) is 2. The summed E-state index contributed by atoms with van der Waals surface area (Å²) in [6.45, 7) is 6.34. The number of aliphatic imine (C=N–C) groups is 1. The third-order valence-corrected chi connectivity index (χ3v) is 4.33. The van der Waals surface area contributed by atoms with Gasteiger partial charge in [-0.1, -0.05) is 5.16 Å². The van der Waals surface area contributed by atoms with Crippen LogP contribution in [0.5, 0.6) is 0 Å². The Morgan fingerprint density at radius 3 is 3.11 bits per heavy atom. The quantitative estimate of drug-likeness (QED) is 0.638. The Kier molecular flexibility index (Phi) is 5.57. The molecule has 1 aromatic rings. The van der Waals surface area contributed by atoms with Crippen molar-refractivity contribution < 1.29 is 4.52 Å². The molecule has 5 nitrogen and oxygen atoms in total. The monoisotopic (exact) mass is 282 g/mol. The summed E-state index contributed by atoms with van der Waals surface area (Å²) in [5, 5.41) is 11.2. The van der Waals surface area contributed by atoms with Crippen molar-refractivity contribution in [3.8, 4) is 0 Å². The Morgan fingerprint density at radius 1 is 1.58 bits per heavy atom. The highest BCUT2D eigenvalue weighted by molar-refractivity contribution is 8.00. The highest BCUT2D eigenvalue weighted by Crippen LogP contribution is 2.25. The minimum absolute atomic E-state index is 0.522. The lowest BCUT2D eigenvalue weighted by Gasteiger charge is -2.14. The fraction of sp³-hybridized carbons (Fsp3) is 0.692. The average molecular weight is 282 g/mol. The summed E-state index contributed by atoms with van der Waals surface area (Å²) < 4.78 is 5.15. The first-order valence-electron chi connectivity index (χ1n) is 6.84. The van der Waals surface area contributed by atoms with Crippen LogP contribution in [0.2, 0.25) is 0 Å². The van der Waals surface area contributed by atoms with Gasteiger partial charge in [-0.25, -0.2) is 4.99 Å². The average Bonchev–Trinajstić information content (AvgIpc) is 3.04. The lowest BCUT2D eigenvalue weighted by Crippen LogP contribution is -2.40. The van der Waals surface area contributed by atoms with E-state index in [0.29, 0.717) is 6.54 Å². The topological polar surface area (TPSA) is 62.5 Å². The van der Waals surface area contributed by atoms with Crippen molar-refractivity contribution >= 4 is 17.7 Å². The Labute approximate surface area is 118 Å². The molecule has 1 aliphatic heterocycles. The fourth-order valence-electron chi connectivity index (χ4n) is 2.01. The highest BCUT2D eigenvalue weighted by Gasteiger charge is 2.15. The molecular weight excluding hydrogens is 260 g/mol. The van der Waals surface area contributed by atoms with Crippen molar-refractivity contribution in [2.24, 2.45) is 4.99 Å². The molecule has 1 unspecified atom stereocenters. The molecule has 0 spiro atoms. The van der Waals surface area contributed by atoms with Crippen LogP contribution in [0.3, 0.4) is 0 Å². The third-order valence-electron chi connectivity index (χ3n) is 2.94. The standard InChI is InChI=1S/C13H22N4OS/c1-3-14-13(16-9-12-5-4-6-19-12)15-8-11-7-10(2)17-18-11/h7,12H,3-6,8-9H2,1-2H3,(H2,14,15,16). The molecule has 1 atom stereocenters. The first-order chi connectivity index (χ1) is 9.28. The van der Waals surface area contributed by atoms with Crippen molar-refractivity contribution in [3.63, 3.8) is 0 Å². The largest absolute Gasteiger partial charge is 0.359 e. The van der Waals surface area contributed by atoms with E-state index in [9.17, 15) is 0 Å². The van der Waals surface area contributed by atoms with Crippen LogP contribution in [-0.4, -0.2) is 35.2 Å². The lowest BCUT2D eigenvalue weighted by atomic mass is 10.2. The maximum absolute atomic E-state index is 5.15. The van der Waals surface area contributed by atoms with Crippen LogP contribution < -0.4 is 10.6 Å². The molecular formula is C13H22N4OS. The van der Waals surface area contributed by atoms with Crippen molar-refractivity contribution in [1.29, 1.82) is 0 Å². The molecule has 2 rings (SSSR count).